The first kappa shape index (κ1) is 9.04. The minimum Gasteiger partial charge on any atom is -0.316 e. The van der Waals surface area contributed by atoms with E-state index in [4.69, 9.17) is 0 Å². The molecule has 1 N–H and O–H groups in total. The standard InChI is InChI=1S/C6H11NS2.ClH/c1-5-3-8-9-4-6(5)2-7-1;/h5-7H,1-4H2;1H/t5-,6-;/m0./s1. The molecule has 0 radical (unpaired) electrons. The van der Waals surface area contributed by atoms with Gasteiger partial charge < -0.3 is 5.32 Å². The SMILES string of the molecule is C1NC[C@H]2CSSC[C@H]12.Cl. The van der Waals surface area contributed by atoms with Crippen molar-refractivity contribution in [3.63, 3.8) is 0 Å². The fraction of sp³-hybridized carbons (Fsp3) is 1.00. The van der Waals surface area contributed by atoms with Crippen molar-refractivity contribution in [2.24, 2.45) is 11.8 Å². The summed E-state index contributed by atoms with van der Waals surface area (Å²) in [6.07, 6.45) is 0. The zero-order valence-corrected chi connectivity index (χ0v) is 8.16. The summed E-state index contributed by atoms with van der Waals surface area (Å²) in [5.74, 6) is 4.75. The van der Waals surface area contributed by atoms with Crippen molar-refractivity contribution in [3.8, 4) is 0 Å². The third-order valence-electron chi connectivity index (χ3n) is 2.13. The average Bonchev–Trinajstić information content (AvgIpc) is 2.33. The highest BCUT2D eigenvalue weighted by Gasteiger charge is 2.29. The summed E-state index contributed by atoms with van der Waals surface area (Å²) in [4.78, 5) is 0. The van der Waals surface area contributed by atoms with E-state index < -0.39 is 0 Å². The number of hydrogen-bond acceptors (Lipinski definition) is 3. The molecule has 60 valence electrons. The molecule has 0 saturated carbocycles. The quantitative estimate of drug-likeness (QED) is 0.594. The van der Waals surface area contributed by atoms with Crippen molar-refractivity contribution in [1.82, 2.24) is 5.32 Å². The van der Waals surface area contributed by atoms with E-state index in [-0.39, 0.29) is 12.4 Å². The highest BCUT2D eigenvalue weighted by Crippen LogP contribution is 2.37. The predicted molar refractivity (Wildman–Crippen MR) is 52.0 cm³/mol. The average molecular weight is 198 g/mol. The molecule has 0 aromatic heterocycles. The number of fused-ring (bicyclic) bond motifs is 1. The maximum Gasteiger partial charge on any atom is 0.00808 e. The fourth-order valence-electron chi connectivity index (χ4n) is 1.45. The van der Waals surface area contributed by atoms with Gasteiger partial charge in [-0.2, -0.15) is 0 Å². The van der Waals surface area contributed by atoms with Crippen LogP contribution >= 0.6 is 34.0 Å². The molecule has 0 amide bonds. The van der Waals surface area contributed by atoms with Crippen LogP contribution in [0.25, 0.3) is 0 Å². The third-order valence-corrected chi connectivity index (χ3v) is 4.74. The van der Waals surface area contributed by atoms with Crippen molar-refractivity contribution in [1.29, 1.82) is 0 Å². The molecule has 2 aliphatic rings. The molecular weight excluding hydrogens is 186 g/mol. The lowest BCUT2D eigenvalue weighted by Crippen LogP contribution is -2.19. The summed E-state index contributed by atoms with van der Waals surface area (Å²) in [5, 5.41) is 3.44. The lowest BCUT2D eigenvalue weighted by atomic mass is 10.0. The van der Waals surface area contributed by atoms with Crippen LogP contribution in [0.4, 0.5) is 0 Å². The number of halogens is 1. The van der Waals surface area contributed by atoms with E-state index in [2.05, 4.69) is 5.32 Å². The Labute approximate surface area is 75.9 Å². The van der Waals surface area contributed by atoms with Crippen molar-refractivity contribution in [2.75, 3.05) is 24.6 Å². The van der Waals surface area contributed by atoms with Crippen molar-refractivity contribution in [2.45, 2.75) is 0 Å². The zero-order chi connectivity index (χ0) is 6.10. The maximum atomic E-state index is 3.44. The van der Waals surface area contributed by atoms with Gasteiger partial charge in [-0.25, -0.2) is 0 Å². The molecule has 4 heteroatoms. The second-order valence-electron chi connectivity index (χ2n) is 2.75. The van der Waals surface area contributed by atoms with Crippen LogP contribution in [-0.2, 0) is 0 Å². The van der Waals surface area contributed by atoms with Gasteiger partial charge in [0.25, 0.3) is 0 Å². The van der Waals surface area contributed by atoms with Gasteiger partial charge in [-0.15, -0.1) is 12.4 Å². The first-order valence-electron chi connectivity index (χ1n) is 3.42. The number of rotatable bonds is 0. The van der Waals surface area contributed by atoms with Gasteiger partial charge >= 0.3 is 0 Å². The predicted octanol–water partition coefficient (Wildman–Crippen LogP) is 1.64. The Morgan fingerprint density at radius 2 is 1.50 bits per heavy atom. The zero-order valence-electron chi connectivity index (χ0n) is 5.71. The summed E-state index contributed by atoms with van der Waals surface area (Å²) in [6.45, 7) is 2.55. The van der Waals surface area contributed by atoms with Crippen LogP contribution in [0.1, 0.15) is 0 Å². The molecule has 2 aliphatic heterocycles. The van der Waals surface area contributed by atoms with Crippen molar-refractivity contribution >= 4 is 34.0 Å². The molecule has 0 aromatic rings. The van der Waals surface area contributed by atoms with Gasteiger partial charge in [0.1, 0.15) is 0 Å². The maximum absolute atomic E-state index is 3.44. The molecule has 2 saturated heterocycles. The van der Waals surface area contributed by atoms with Gasteiger partial charge in [-0.3, -0.25) is 0 Å². The molecule has 0 spiro atoms. The van der Waals surface area contributed by atoms with Crippen LogP contribution in [0.2, 0.25) is 0 Å². The fourth-order valence-corrected chi connectivity index (χ4v) is 4.40. The molecule has 2 rings (SSSR count). The van der Waals surface area contributed by atoms with Gasteiger partial charge in [0.2, 0.25) is 0 Å². The normalized spacial score (nSPS) is 38.4. The van der Waals surface area contributed by atoms with Crippen LogP contribution in [0.15, 0.2) is 0 Å². The molecule has 2 fully saturated rings. The van der Waals surface area contributed by atoms with Crippen molar-refractivity contribution < 1.29 is 0 Å². The highest BCUT2D eigenvalue weighted by atomic mass is 35.5. The molecule has 0 aromatic carbocycles. The highest BCUT2D eigenvalue weighted by molar-refractivity contribution is 8.76. The summed E-state index contributed by atoms with van der Waals surface area (Å²) in [5.41, 5.74) is 0. The lowest BCUT2D eigenvalue weighted by Gasteiger charge is -2.21. The summed E-state index contributed by atoms with van der Waals surface area (Å²) in [6, 6.07) is 0. The summed E-state index contributed by atoms with van der Waals surface area (Å²) < 4.78 is 0. The molecular formula is C6H12ClNS2. The second kappa shape index (κ2) is 4.10. The van der Waals surface area contributed by atoms with Crippen LogP contribution in [-0.4, -0.2) is 24.6 Å². The van der Waals surface area contributed by atoms with Crippen LogP contribution in [0.5, 0.6) is 0 Å². The van der Waals surface area contributed by atoms with Gasteiger partial charge in [0.15, 0.2) is 0 Å². The van der Waals surface area contributed by atoms with E-state index in [1.165, 1.54) is 24.6 Å². The Morgan fingerprint density at radius 3 is 2.00 bits per heavy atom. The van der Waals surface area contributed by atoms with Crippen LogP contribution < -0.4 is 5.32 Å². The molecule has 0 unspecified atom stereocenters. The van der Waals surface area contributed by atoms with Gasteiger partial charge in [0.05, 0.1) is 0 Å². The van der Waals surface area contributed by atoms with E-state index in [1.807, 2.05) is 21.6 Å². The van der Waals surface area contributed by atoms with Gasteiger partial charge in [0, 0.05) is 11.5 Å². The van der Waals surface area contributed by atoms with E-state index >= 15 is 0 Å². The largest absolute Gasteiger partial charge is 0.316 e. The Morgan fingerprint density at radius 1 is 1.00 bits per heavy atom. The third kappa shape index (κ3) is 1.76. The van der Waals surface area contributed by atoms with E-state index in [9.17, 15) is 0 Å². The smallest absolute Gasteiger partial charge is 0.00808 e. The molecule has 0 aliphatic carbocycles. The minimum absolute atomic E-state index is 0. The lowest BCUT2D eigenvalue weighted by molar-refractivity contribution is 0.508. The second-order valence-corrected chi connectivity index (χ2v) is 5.30. The van der Waals surface area contributed by atoms with E-state index in [1.54, 1.807) is 0 Å². The Kier molecular flexibility index (Phi) is 3.70. The Balaban J connectivity index is 0.000000500. The van der Waals surface area contributed by atoms with Crippen molar-refractivity contribution in [3.05, 3.63) is 0 Å². The molecule has 2 heterocycles. The first-order chi connectivity index (χ1) is 4.47. The van der Waals surface area contributed by atoms with Crippen LogP contribution in [0, 0.1) is 11.8 Å². The molecule has 1 nitrogen and oxygen atoms in total. The Hall–Kier alpha value is 0.950. The number of nitrogens with one attached hydrogen (secondary N) is 1. The monoisotopic (exact) mass is 197 g/mol. The molecule has 10 heavy (non-hydrogen) atoms. The summed E-state index contributed by atoms with van der Waals surface area (Å²) >= 11 is 0. The van der Waals surface area contributed by atoms with Crippen LogP contribution in [0.3, 0.4) is 0 Å². The van der Waals surface area contributed by atoms with Gasteiger partial charge in [-0.05, 0) is 24.9 Å². The van der Waals surface area contributed by atoms with E-state index in [0.29, 0.717) is 0 Å². The molecule has 0 bridgehead atoms. The van der Waals surface area contributed by atoms with Gasteiger partial charge in [-0.1, -0.05) is 21.6 Å². The molecule has 2 atom stereocenters. The Bertz CT molecular complexity index is 99.9. The van der Waals surface area contributed by atoms with E-state index in [0.717, 1.165) is 11.8 Å². The topological polar surface area (TPSA) is 12.0 Å². The minimum atomic E-state index is 0. The number of hydrogen-bond donors (Lipinski definition) is 1. The first-order valence-corrected chi connectivity index (χ1v) is 5.91. The summed E-state index contributed by atoms with van der Waals surface area (Å²) in [7, 11) is 4.10.